The van der Waals surface area contributed by atoms with Crippen LogP contribution in [-0.2, 0) is 4.79 Å². The Morgan fingerprint density at radius 2 is 1.45 bits per heavy atom. The predicted octanol–water partition coefficient (Wildman–Crippen LogP) is 2.18. The lowest BCUT2D eigenvalue weighted by Crippen LogP contribution is -2.21. The van der Waals surface area contributed by atoms with Crippen LogP contribution in [0.5, 0.6) is 0 Å². The second-order valence-corrected chi connectivity index (χ2v) is 3.47. The number of aliphatic hydroxyl groups is 1. The van der Waals surface area contributed by atoms with Crippen LogP contribution < -0.4 is 0 Å². The third kappa shape index (κ3) is 16.5. The molecule has 0 fully saturated rings. The van der Waals surface area contributed by atoms with Crippen LogP contribution in [0.2, 0.25) is 0 Å². The normalized spacial score (nSPS) is 8.10. The van der Waals surface area contributed by atoms with Crippen molar-refractivity contribution in [3.8, 4) is 0 Å². The van der Waals surface area contributed by atoms with Crippen molar-refractivity contribution in [1.29, 1.82) is 0 Å². The van der Waals surface area contributed by atoms with E-state index in [1.807, 2.05) is 18.2 Å². The summed E-state index contributed by atoms with van der Waals surface area (Å²) >= 11 is 0. The minimum Gasteiger partial charge on any atom is -0.412 e. The maximum absolute atomic E-state index is 9.68. The molecule has 20 heavy (non-hydrogen) atoms. The van der Waals surface area contributed by atoms with E-state index in [0.717, 1.165) is 0 Å². The van der Waals surface area contributed by atoms with Crippen molar-refractivity contribution in [2.75, 3.05) is 26.2 Å². The van der Waals surface area contributed by atoms with Crippen molar-refractivity contribution < 1.29 is 15.4 Å². The minimum absolute atomic E-state index is 0. The predicted molar refractivity (Wildman–Crippen MR) is 84.1 cm³/mol. The summed E-state index contributed by atoms with van der Waals surface area (Å²) in [5.41, 5.74) is 0.646. The molecule has 0 saturated carbocycles. The summed E-state index contributed by atoms with van der Waals surface area (Å²) in [5, 5.41) is 7.57. The van der Waals surface area contributed by atoms with Crippen LogP contribution in [0.1, 0.15) is 27.7 Å². The first kappa shape index (κ1) is 23.6. The van der Waals surface area contributed by atoms with E-state index in [9.17, 15) is 4.79 Å². The molecule has 0 radical (unpaired) electrons. The summed E-state index contributed by atoms with van der Waals surface area (Å²) in [6, 6.07) is 8.98. The monoisotopic (exact) mass is 284 g/mol. The van der Waals surface area contributed by atoms with E-state index in [1.165, 1.54) is 25.7 Å². The molecule has 0 saturated heterocycles. The minimum atomic E-state index is 0. The Balaban J connectivity index is -0.000000238. The molecule has 1 aromatic rings. The molecule has 0 heterocycles. The third-order valence-electron chi connectivity index (χ3n) is 2.27. The molecule has 0 spiro atoms. The van der Waals surface area contributed by atoms with Crippen molar-refractivity contribution in [2.24, 2.45) is 4.99 Å². The number of nitrogens with zero attached hydrogens (tertiary/aromatic N) is 2. The quantitative estimate of drug-likeness (QED) is 0.679. The largest absolute Gasteiger partial charge is 0.412 e. The van der Waals surface area contributed by atoms with Crippen LogP contribution in [0.25, 0.3) is 0 Å². The van der Waals surface area contributed by atoms with Gasteiger partial charge in [0.2, 0.25) is 6.08 Å². The van der Waals surface area contributed by atoms with E-state index in [-0.39, 0.29) is 12.1 Å². The highest BCUT2D eigenvalue weighted by molar-refractivity contribution is 5.47. The Bertz CT molecular complexity index is 316. The van der Waals surface area contributed by atoms with Gasteiger partial charge in [0.05, 0.1) is 5.69 Å². The van der Waals surface area contributed by atoms with Gasteiger partial charge >= 0.3 is 0 Å². The van der Waals surface area contributed by atoms with E-state index in [2.05, 4.69) is 30.7 Å². The van der Waals surface area contributed by atoms with Crippen LogP contribution >= 0.6 is 0 Å². The maximum Gasteiger partial charge on any atom is 0.240 e. The summed E-state index contributed by atoms with van der Waals surface area (Å²) < 4.78 is 0. The number of aliphatic imine (C=N–C) groups is 1. The lowest BCUT2D eigenvalue weighted by atomic mass is 10.3. The fourth-order valence-electron chi connectivity index (χ4n) is 1.23. The average molecular weight is 284 g/mol. The molecule has 0 atom stereocenters. The molecule has 1 rings (SSSR count). The molecular weight excluding hydrogens is 256 g/mol. The van der Waals surface area contributed by atoms with E-state index in [0.29, 0.717) is 5.69 Å². The molecule has 0 amide bonds. The molecule has 3 N–H and O–H groups in total. The van der Waals surface area contributed by atoms with Gasteiger partial charge in [0.15, 0.2) is 0 Å². The van der Waals surface area contributed by atoms with Gasteiger partial charge in [-0.25, -0.2) is 4.79 Å². The van der Waals surface area contributed by atoms with E-state index >= 15 is 0 Å². The Morgan fingerprint density at radius 3 is 1.70 bits per heavy atom. The third-order valence-corrected chi connectivity index (χ3v) is 2.27. The summed E-state index contributed by atoms with van der Waals surface area (Å²) in [5.74, 6) is 0. The standard InChI is InChI=1S/C7H5NO.C6H15N.C2H6O.H2O/c9-6-8-7-4-2-1-3-5-7;1-4-7(5-2)6-3;1-2-3;/h1-5H;4-6H2,1-3H3;3H,2H2,1H3;1H2. The van der Waals surface area contributed by atoms with Crippen molar-refractivity contribution in [3.05, 3.63) is 30.3 Å². The number of hydrogen-bond donors (Lipinski definition) is 1. The molecular formula is C15H28N2O3. The number of hydrogen-bond acceptors (Lipinski definition) is 4. The van der Waals surface area contributed by atoms with E-state index in [1.54, 1.807) is 19.1 Å². The highest BCUT2D eigenvalue weighted by Gasteiger charge is 1.89. The van der Waals surface area contributed by atoms with E-state index < -0.39 is 0 Å². The molecule has 5 heteroatoms. The zero-order chi connectivity index (χ0) is 14.9. The lowest BCUT2D eigenvalue weighted by Gasteiger charge is -2.13. The second-order valence-electron chi connectivity index (χ2n) is 3.47. The second kappa shape index (κ2) is 19.8. The molecule has 0 aliphatic rings. The first-order valence-electron chi connectivity index (χ1n) is 6.66. The van der Waals surface area contributed by atoms with Gasteiger partial charge < -0.3 is 15.5 Å². The number of carbonyl (C=O) groups excluding carboxylic acids is 1. The number of isocyanates is 1. The number of para-hydroxylation sites is 1. The Labute approximate surface area is 122 Å². The van der Waals surface area contributed by atoms with Crippen molar-refractivity contribution >= 4 is 11.8 Å². The van der Waals surface area contributed by atoms with Gasteiger partial charge in [-0.05, 0) is 38.7 Å². The summed E-state index contributed by atoms with van der Waals surface area (Å²) in [6.45, 7) is 12.1. The van der Waals surface area contributed by atoms with E-state index in [4.69, 9.17) is 5.11 Å². The average Bonchev–Trinajstić information content (AvgIpc) is 2.44. The fourth-order valence-corrected chi connectivity index (χ4v) is 1.23. The Hall–Kier alpha value is -1.52. The zero-order valence-corrected chi connectivity index (χ0v) is 13.0. The van der Waals surface area contributed by atoms with Gasteiger partial charge in [0, 0.05) is 6.61 Å². The topological polar surface area (TPSA) is 84.4 Å². The fraction of sp³-hybridized carbons (Fsp3) is 0.533. The molecule has 0 aromatic heterocycles. The lowest BCUT2D eigenvalue weighted by molar-refractivity contribution is 0.318. The number of benzene rings is 1. The SMILES string of the molecule is CCN(CC)CC.CCO.O.O=C=Nc1ccccc1. The van der Waals surface area contributed by atoms with Crippen molar-refractivity contribution in [3.63, 3.8) is 0 Å². The zero-order valence-electron chi connectivity index (χ0n) is 13.0. The van der Waals surface area contributed by atoms with Gasteiger partial charge in [-0.1, -0.05) is 39.0 Å². The molecule has 0 bridgehead atoms. The molecule has 1 aromatic carbocycles. The molecule has 0 aliphatic carbocycles. The smallest absolute Gasteiger partial charge is 0.240 e. The summed E-state index contributed by atoms with van der Waals surface area (Å²) in [6.07, 6.45) is 1.46. The van der Waals surface area contributed by atoms with Gasteiger partial charge in [-0.15, -0.1) is 0 Å². The van der Waals surface area contributed by atoms with Crippen molar-refractivity contribution in [2.45, 2.75) is 27.7 Å². The first-order chi connectivity index (χ1) is 9.19. The van der Waals surface area contributed by atoms with Gasteiger partial charge in [-0.3, -0.25) is 0 Å². The molecule has 0 aliphatic heterocycles. The Kier molecular flexibility index (Phi) is 23.3. The summed E-state index contributed by atoms with van der Waals surface area (Å²) in [4.78, 5) is 15.5. The molecule has 5 nitrogen and oxygen atoms in total. The highest BCUT2D eigenvalue weighted by Crippen LogP contribution is 2.06. The summed E-state index contributed by atoms with van der Waals surface area (Å²) in [7, 11) is 0. The van der Waals surface area contributed by atoms with Crippen LogP contribution in [0.4, 0.5) is 5.69 Å². The first-order valence-corrected chi connectivity index (χ1v) is 6.66. The van der Waals surface area contributed by atoms with Crippen LogP contribution in [0.15, 0.2) is 35.3 Å². The Morgan fingerprint density at radius 1 is 1.05 bits per heavy atom. The van der Waals surface area contributed by atoms with Crippen LogP contribution in [0.3, 0.4) is 0 Å². The van der Waals surface area contributed by atoms with Gasteiger partial charge in [-0.2, -0.15) is 4.99 Å². The number of aliphatic hydroxyl groups excluding tert-OH is 1. The van der Waals surface area contributed by atoms with Crippen LogP contribution in [0, 0.1) is 0 Å². The van der Waals surface area contributed by atoms with Crippen LogP contribution in [-0.4, -0.2) is 47.8 Å². The molecule has 116 valence electrons. The van der Waals surface area contributed by atoms with Crippen molar-refractivity contribution in [1.82, 2.24) is 4.90 Å². The van der Waals surface area contributed by atoms with Gasteiger partial charge in [0.25, 0.3) is 0 Å². The van der Waals surface area contributed by atoms with Gasteiger partial charge in [0.1, 0.15) is 0 Å². The highest BCUT2D eigenvalue weighted by atomic mass is 16.2. The maximum atomic E-state index is 9.68. The molecule has 0 unspecified atom stereocenters. The number of rotatable bonds is 4.